The number of amides is 1. The zero-order valence-corrected chi connectivity index (χ0v) is 16.8. The minimum absolute atomic E-state index is 0.101. The molecule has 0 saturated heterocycles. The normalized spacial score (nSPS) is 12.0. The molecule has 0 aliphatic rings. The van der Waals surface area contributed by atoms with Gasteiger partial charge in [-0.05, 0) is 35.7 Å². The molecule has 0 aliphatic heterocycles. The summed E-state index contributed by atoms with van der Waals surface area (Å²) in [6, 6.07) is 12.9. The average molecular weight is 402 g/mol. The van der Waals surface area contributed by atoms with E-state index in [9.17, 15) is 9.59 Å². The van der Waals surface area contributed by atoms with E-state index in [1.165, 1.54) is 23.2 Å². The van der Waals surface area contributed by atoms with Crippen molar-refractivity contribution in [2.45, 2.75) is 26.3 Å². The van der Waals surface area contributed by atoms with Crippen LogP contribution >= 0.6 is 11.3 Å². The van der Waals surface area contributed by atoms with Gasteiger partial charge in [0.15, 0.2) is 4.80 Å². The van der Waals surface area contributed by atoms with Crippen molar-refractivity contribution in [3.63, 3.8) is 0 Å². The molecule has 0 bridgehead atoms. The van der Waals surface area contributed by atoms with Crippen molar-refractivity contribution < 1.29 is 9.21 Å². The van der Waals surface area contributed by atoms with Gasteiger partial charge in [-0.3, -0.25) is 9.59 Å². The minimum atomic E-state index is -0.647. The topological polar surface area (TPSA) is 64.6 Å². The Morgan fingerprint density at radius 3 is 2.83 bits per heavy atom. The van der Waals surface area contributed by atoms with Gasteiger partial charge in [0.25, 0.3) is 5.91 Å². The Balaban J connectivity index is 1.88. The lowest BCUT2D eigenvalue weighted by molar-refractivity contribution is 0.0995. The first-order chi connectivity index (χ1) is 14.0. The van der Waals surface area contributed by atoms with Gasteiger partial charge in [-0.1, -0.05) is 49.3 Å². The van der Waals surface area contributed by atoms with Crippen LogP contribution in [-0.2, 0) is 6.54 Å². The molecule has 0 aliphatic carbocycles. The number of rotatable bonds is 3. The van der Waals surface area contributed by atoms with Gasteiger partial charge < -0.3 is 8.98 Å². The van der Waals surface area contributed by atoms with Gasteiger partial charge in [0.2, 0.25) is 5.43 Å². The molecule has 6 heteroatoms. The molecule has 0 spiro atoms. The molecule has 1 amide bonds. The van der Waals surface area contributed by atoms with Gasteiger partial charge in [0.05, 0.1) is 22.1 Å². The van der Waals surface area contributed by atoms with Gasteiger partial charge in [0.1, 0.15) is 17.4 Å². The van der Waals surface area contributed by atoms with Crippen LogP contribution in [0.25, 0.3) is 21.2 Å². The molecule has 2 aromatic carbocycles. The number of nitrogens with zero attached hydrogens (tertiary/aromatic N) is 2. The molecule has 29 heavy (non-hydrogen) atoms. The van der Waals surface area contributed by atoms with Crippen LogP contribution in [0, 0.1) is 12.3 Å². The number of benzene rings is 2. The highest BCUT2D eigenvalue weighted by Crippen LogP contribution is 2.23. The Hall–Kier alpha value is -3.43. The summed E-state index contributed by atoms with van der Waals surface area (Å²) in [6.07, 6.45) is 6.70. The smallest absolute Gasteiger partial charge is 0.286 e. The zero-order chi connectivity index (χ0) is 20.5. The number of fused-ring (bicyclic) bond motifs is 2. The third kappa shape index (κ3) is 3.41. The van der Waals surface area contributed by atoms with Crippen LogP contribution in [0.3, 0.4) is 0 Å². The second kappa shape index (κ2) is 7.53. The van der Waals surface area contributed by atoms with Crippen molar-refractivity contribution >= 4 is 38.4 Å². The van der Waals surface area contributed by atoms with Crippen molar-refractivity contribution in [2.24, 2.45) is 4.99 Å². The number of carbonyl (C=O) groups is 1. The summed E-state index contributed by atoms with van der Waals surface area (Å²) < 4.78 is 8.24. The molecule has 0 unspecified atom stereocenters. The molecule has 5 nitrogen and oxygen atoms in total. The lowest BCUT2D eigenvalue weighted by Gasteiger charge is -2.05. The standard InChI is InChI=1S/C23H18N2O3S/c1-4-11-25-18-10-9-15(14(2)3)12-20(18)29-23(25)24-22(27)17-13-28-19-8-6-5-7-16(19)21(17)26/h1,5-10,12-14H,11H2,2-3H3. The second-order valence-electron chi connectivity index (χ2n) is 6.95. The maximum Gasteiger partial charge on any atom is 0.286 e. The van der Waals surface area contributed by atoms with Crippen molar-refractivity contribution in [3.05, 3.63) is 74.9 Å². The summed E-state index contributed by atoms with van der Waals surface area (Å²) in [6.45, 7) is 4.52. The maximum absolute atomic E-state index is 12.8. The van der Waals surface area contributed by atoms with Crippen molar-refractivity contribution in [3.8, 4) is 12.3 Å². The van der Waals surface area contributed by atoms with E-state index >= 15 is 0 Å². The van der Waals surface area contributed by atoms with Crippen molar-refractivity contribution in [1.29, 1.82) is 0 Å². The largest absolute Gasteiger partial charge is 0.463 e. The van der Waals surface area contributed by atoms with Crippen molar-refractivity contribution in [1.82, 2.24) is 4.57 Å². The molecule has 0 radical (unpaired) electrons. The summed E-state index contributed by atoms with van der Waals surface area (Å²) in [7, 11) is 0. The first-order valence-electron chi connectivity index (χ1n) is 9.16. The highest BCUT2D eigenvalue weighted by molar-refractivity contribution is 7.16. The molecule has 0 atom stereocenters. The van der Waals surface area contributed by atoms with Gasteiger partial charge in [-0.2, -0.15) is 4.99 Å². The fourth-order valence-electron chi connectivity index (χ4n) is 3.15. The summed E-state index contributed by atoms with van der Waals surface area (Å²) in [5.41, 5.74) is 2.04. The Kier molecular flexibility index (Phi) is 4.91. The predicted octanol–water partition coefficient (Wildman–Crippen LogP) is 4.31. The fraction of sp³-hybridized carbons (Fsp3) is 0.174. The summed E-state index contributed by atoms with van der Waals surface area (Å²) in [5, 5.41) is 0.350. The van der Waals surface area contributed by atoms with Crippen LogP contribution in [0.5, 0.6) is 0 Å². The monoisotopic (exact) mass is 402 g/mol. The van der Waals surface area contributed by atoms with Crippen LogP contribution in [0.4, 0.5) is 0 Å². The predicted molar refractivity (Wildman–Crippen MR) is 115 cm³/mol. The van der Waals surface area contributed by atoms with Crippen LogP contribution < -0.4 is 10.2 Å². The quantitative estimate of drug-likeness (QED) is 0.480. The molecule has 2 heterocycles. The Bertz CT molecular complexity index is 1410. The van der Waals surface area contributed by atoms with Gasteiger partial charge in [-0.15, -0.1) is 6.42 Å². The molecular weight excluding hydrogens is 384 g/mol. The van der Waals surface area contributed by atoms with Crippen molar-refractivity contribution in [2.75, 3.05) is 0 Å². The molecule has 0 saturated carbocycles. The molecule has 0 fully saturated rings. The summed E-state index contributed by atoms with van der Waals surface area (Å²) >= 11 is 1.38. The molecular formula is C23H18N2O3S. The first kappa shape index (κ1) is 18.9. The van der Waals surface area contributed by atoms with Crippen LogP contribution in [0.1, 0.15) is 35.7 Å². The Labute approximate surface area is 170 Å². The molecule has 2 aromatic heterocycles. The lowest BCUT2D eigenvalue weighted by atomic mass is 10.0. The second-order valence-corrected chi connectivity index (χ2v) is 7.96. The number of terminal acetylenes is 1. The van der Waals surface area contributed by atoms with E-state index in [0.717, 1.165) is 10.2 Å². The fourth-order valence-corrected chi connectivity index (χ4v) is 4.23. The summed E-state index contributed by atoms with van der Waals surface area (Å²) in [4.78, 5) is 30.2. The lowest BCUT2D eigenvalue weighted by Crippen LogP contribution is -2.19. The van der Waals surface area contributed by atoms with Gasteiger partial charge >= 0.3 is 0 Å². The van der Waals surface area contributed by atoms with Crippen LogP contribution in [0.15, 0.2) is 62.9 Å². The first-order valence-corrected chi connectivity index (χ1v) is 9.97. The SMILES string of the molecule is C#CCn1c(=NC(=O)c2coc3ccccc3c2=O)sc2cc(C(C)C)ccc21. The Morgan fingerprint density at radius 1 is 1.28 bits per heavy atom. The van der Waals surface area contributed by atoms with Gasteiger partial charge in [-0.25, -0.2) is 0 Å². The third-order valence-electron chi connectivity index (χ3n) is 4.73. The average Bonchev–Trinajstić information content (AvgIpc) is 3.05. The number of aromatic nitrogens is 1. The highest BCUT2D eigenvalue weighted by Gasteiger charge is 2.15. The molecule has 0 N–H and O–H groups in total. The van der Waals surface area contributed by atoms with E-state index in [1.807, 2.05) is 10.6 Å². The highest BCUT2D eigenvalue weighted by atomic mass is 32.1. The molecule has 4 aromatic rings. The maximum atomic E-state index is 12.8. The van der Waals surface area contributed by atoms with E-state index in [2.05, 4.69) is 36.9 Å². The summed E-state index contributed by atoms with van der Waals surface area (Å²) in [5.74, 6) is 2.34. The Morgan fingerprint density at radius 2 is 2.07 bits per heavy atom. The molecule has 144 valence electrons. The third-order valence-corrected chi connectivity index (χ3v) is 5.77. The van der Waals surface area contributed by atoms with Crippen LogP contribution in [0.2, 0.25) is 0 Å². The van der Waals surface area contributed by atoms with E-state index in [4.69, 9.17) is 10.8 Å². The van der Waals surface area contributed by atoms with E-state index in [0.29, 0.717) is 21.7 Å². The van der Waals surface area contributed by atoms with E-state index in [1.54, 1.807) is 24.3 Å². The minimum Gasteiger partial charge on any atom is -0.463 e. The van der Waals surface area contributed by atoms with E-state index in [-0.39, 0.29) is 12.1 Å². The number of hydrogen-bond acceptors (Lipinski definition) is 4. The number of carbonyl (C=O) groups excluding carboxylic acids is 1. The van der Waals surface area contributed by atoms with Crippen LogP contribution in [-0.4, -0.2) is 10.5 Å². The molecule has 4 rings (SSSR count). The number of thiazole rings is 1. The van der Waals surface area contributed by atoms with Gasteiger partial charge in [0, 0.05) is 0 Å². The number of para-hydroxylation sites is 1. The van der Waals surface area contributed by atoms with E-state index < -0.39 is 11.3 Å². The zero-order valence-electron chi connectivity index (χ0n) is 16.0. The number of hydrogen-bond donors (Lipinski definition) is 0.